The highest BCUT2D eigenvalue weighted by molar-refractivity contribution is 7.09. The molecule has 2 heterocycles. The van der Waals surface area contributed by atoms with E-state index in [4.69, 9.17) is 0 Å². The van der Waals surface area contributed by atoms with Gasteiger partial charge in [-0.3, -0.25) is 4.79 Å². The van der Waals surface area contributed by atoms with E-state index in [-0.39, 0.29) is 17.9 Å². The number of anilines is 1. The van der Waals surface area contributed by atoms with Crippen molar-refractivity contribution in [3.05, 3.63) is 45.9 Å². The maximum absolute atomic E-state index is 12.2. The normalized spacial score (nSPS) is 17.9. The van der Waals surface area contributed by atoms with Gasteiger partial charge in [-0.05, 0) is 25.5 Å². The molecule has 1 aliphatic rings. The minimum atomic E-state index is -0.0270. The molecule has 0 bridgehead atoms. The van der Waals surface area contributed by atoms with Crippen LogP contribution < -0.4 is 10.6 Å². The zero-order valence-corrected chi connectivity index (χ0v) is 13.0. The molecule has 0 saturated heterocycles. The van der Waals surface area contributed by atoms with Crippen LogP contribution in [0, 0.1) is 6.92 Å². The molecule has 5 heteroatoms. The number of thiazole rings is 1. The Bertz CT molecular complexity index is 652. The number of aromatic nitrogens is 1. The van der Waals surface area contributed by atoms with Gasteiger partial charge in [0.05, 0.1) is 6.04 Å². The first kappa shape index (κ1) is 14.1. The number of carbonyl (C=O) groups excluding carboxylic acids is 1. The third-order valence-electron chi connectivity index (χ3n) is 3.76. The number of fused-ring (bicyclic) bond motifs is 1. The fourth-order valence-corrected chi connectivity index (χ4v) is 3.50. The van der Waals surface area contributed by atoms with Crippen LogP contribution in [0.25, 0.3) is 0 Å². The number of amides is 1. The average molecular weight is 301 g/mol. The fraction of sp³-hybridized carbons (Fsp3) is 0.375. The Balaban J connectivity index is 1.60. The molecular formula is C16H19N3OS. The van der Waals surface area contributed by atoms with Crippen LogP contribution in [0.4, 0.5) is 5.69 Å². The minimum absolute atomic E-state index is 0.0270. The van der Waals surface area contributed by atoms with E-state index in [1.165, 1.54) is 5.56 Å². The van der Waals surface area contributed by atoms with Crippen molar-refractivity contribution >= 4 is 22.9 Å². The fourth-order valence-electron chi connectivity index (χ4n) is 2.70. The molecule has 0 radical (unpaired) electrons. The zero-order chi connectivity index (χ0) is 14.8. The van der Waals surface area contributed by atoms with Crippen LogP contribution in [0.3, 0.4) is 0 Å². The van der Waals surface area contributed by atoms with Crippen LogP contribution in [-0.4, -0.2) is 17.4 Å². The lowest BCUT2D eigenvalue weighted by Gasteiger charge is -2.14. The highest BCUT2D eigenvalue weighted by Crippen LogP contribution is 2.33. The topological polar surface area (TPSA) is 54.0 Å². The molecule has 0 saturated carbocycles. The molecule has 1 amide bonds. The van der Waals surface area contributed by atoms with Gasteiger partial charge in [0.1, 0.15) is 5.01 Å². The predicted molar refractivity (Wildman–Crippen MR) is 85.7 cm³/mol. The number of hydrogen-bond acceptors (Lipinski definition) is 4. The SMILES string of the molecule is Cc1csc(C(C)NC(=O)CC2CNc3ccccc32)n1. The summed E-state index contributed by atoms with van der Waals surface area (Å²) < 4.78 is 0. The number of hydrogen-bond donors (Lipinski definition) is 2. The van der Waals surface area contributed by atoms with Crippen LogP contribution in [0.5, 0.6) is 0 Å². The first-order valence-electron chi connectivity index (χ1n) is 7.17. The number of nitrogens with one attached hydrogen (secondary N) is 2. The predicted octanol–water partition coefficient (Wildman–Crippen LogP) is 3.23. The maximum atomic E-state index is 12.2. The molecule has 0 fully saturated rings. The molecule has 3 rings (SSSR count). The molecule has 21 heavy (non-hydrogen) atoms. The van der Waals surface area contributed by atoms with Crippen molar-refractivity contribution in [3.8, 4) is 0 Å². The van der Waals surface area contributed by atoms with Gasteiger partial charge in [-0.15, -0.1) is 11.3 Å². The van der Waals surface area contributed by atoms with E-state index in [9.17, 15) is 4.79 Å². The third kappa shape index (κ3) is 3.08. The monoisotopic (exact) mass is 301 g/mol. The van der Waals surface area contributed by atoms with Crippen LogP contribution in [0.15, 0.2) is 29.6 Å². The second kappa shape index (κ2) is 5.85. The smallest absolute Gasteiger partial charge is 0.221 e. The summed E-state index contributed by atoms with van der Waals surface area (Å²) in [7, 11) is 0. The van der Waals surface area contributed by atoms with Crippen LogP contribution in [0.2, 0.25) is 0 Å². The first-order valence-corrected chi connectivity index (χ1v) is 8.05. The van der Waals surface area contributed by atoms with Gasteiger partial charge in [-0.1, -0.05) is 18.2 Å². The summed E-state index contributed by atoms with van der Waals surface area (Å²) in [5.41, 5.74) is 3.40. The largest absolute Gasteiger partial charge is 0.384 e. The second-order valence-electron chi connectivity index (χ2n) is 5.49. The Labute approximate surface area is 128 Å². The van der Waals surface area contributed by atoms with E-state index in [0.717, 1.165) is 22.9 Å². The van der Waals surface area contributed by atoms with E-state index >= 15 is 0 Å². The van der Waals surface area contributed by atoms with Crippen LogP contribution in [0.1, 0.15) is 41.6 Å². The standard InChI is InChI=1S/C16H19N3OS/c1-10-9-21-16(18-10)11(2)19-15(20)7-12-8-17-14-6-4-3-5-13(12)14/h3-6,9,11-12,17H,7-8H2,1-2H3,(H,19,20). The van der Waals surface area contributed by atoms with E-state index < -0.39 is 0 Å². The maximum Gasteiger partial charge on any atom is 0.221 e. The van der Waals surface area contributed by atoms with Gasteiger partial charge < -0.3 is 10.6 Å². The van der Waals surface area contributed by atoms with Gasteiger partial charge in [0.15, 0.2) is 0 Å². The lowest BCUT2D eigenvalue weighted by molar-refractivity contribution is -0.122. The number of benzene rings is 1. The van der Waals surface area contributed by atoms with Crippen molar-refractivity contribution in [1.29, 1.82) is 0 Å². The number of rotatable bonds is 4. The summed E-state index contributed by atoms with van der Waals surface area (Å²) in [6.07, 6.45) is 0.513. The van der Waals surface area contributed by atoms with Gasteiger partial charge in [0.2, 0.25) is 5.91 Å². The molecule has 2 atom stereocenters. The van der Waals surface area contributed by atoms with Crippen LogP contribution >= 0.6 is 11.3 Å². The molecular weight excluding hydrogens is 282 g/mol. The summed E-state index contributed by atoms with van der Waals surface area (Å²) in [5, 5.41) is 9.37. The number of para-hydroxylation sites is 1. The van der Waals surface area contributed by atoms with E-state index in [2.05, 4.69) is 27.8 Å². The van der Waals surface area contributed by atoms with Crippen molar-refractivity contribution in [1.82, 2.24) is 10.3 Å². The highest BCUT2D eigenvalue weighted by atomic mass is 32.1. The highest BCUT2D eigenvalue weighted by Gasteiger charge is 2.24. The van der Waals surface area contributed by atoms with E-state index in [1.807, 2.05) is 31.4 Å². The van der Waals surface area contributed by atoms with Gasteiger partial charge in [-0.2, -0.15) is 0 Å². The van der Waals surface area contributed by atoms with Crippen molar-refractivity contribution < 1.29 is 4.79 Å². The van der Waals surface area contributed by atoms with Crippen molar-refractivity contribution in [3.63, 3.8) is 0 Å². The van der Waals surface area contributed by atoms with Crippen LogP contribution in [-0.2, 0) is 4.79 Å². The van der Waals surface area contributed by atoms with Crippen molar-refractivity contribution in [2.24, 2.45) is 0 Å². The third-order valence-corrected chi connectivity index (χ3v) is 4.90. The summed E-state index contributed by atoms with van der Waals surface area (Å²) in [5.74, 6) is 0.338. The lowest BCUT2D eigenvalue weighted by Crippen LogP contribution is -2.28. The lowest BCUT2D eigenvalue weighted by atomic mass is 9.97. The average Bonchev–Trinajstić information content (AvgIpc) is 3.06. The van der Waals surface area contributed by atoms with Gasteiger partial charge in [0.25, 0.3) is 0 Å². The summed E-state index contributed by atoms with van der Waals surface area (Å²) in [6.45, 7) is 4.78. The molecule has 0 spiro atoms. The van der Waals surface area contributed by atoms with Crippen molar-refractivity contribution in [2.75, 3.05) is 11.9 Å². The molecule has 2 unspecified atom stereocenters. The number of carbonyl (C=O) groups is 1. The Kier molecular flexibility index (Phi) is 3.92. The molecule has 1 aliphatic heterocycles. The molecule has 0 aliphatic carbocycles. The molecule has 2 N–H and O–H groups in total. The Morgan fingerprint density at radius 2 is 2.33 bits per heavy atom. The molecule has 110 valence electrons. The second-order valence-corrected chi connectivity index (χ2v) is 6.38. The van der Waals surface area contributed by atoms with Gasteiger partial charge >= 0.3 is 0 Å². The summed E-state index contributed by atoms with van der Waals surface area (Å²) in [4.78, 5) is 16.7. The van der Waals surface area contributed by atoms with Gasteiger partial charge in [0, 0.05) is 35.6 Å². The van der Waals surface area contributed by atoms with E-state index in [0.29, 0.717) is 6.42 Å². The zero-order valence-electron chi connectivity index (χ0n) is 12.2. The van der Waals surface area contributed by atoms with Gasteiger partial charge in [-0.25, -0.2) is 4.98 Å². The quantitative estimate of drug-likeness (QED) is 0.911. The number of aryl methyl sites for hydroxylation is 1. The Hall–Kier alpha value is -1.88. The van der Waals surface area contributed by atoms with Crippen molar-refractivity contribution in [2.45, 2.75) is 32.2 Å². The molecule has 2 aromatic rings. The molecule has 1 aromatic carbocycles. The summed E-state index contributed by atoms with van der Waals surface area (Å²) in [6, 6.07) is 8.18. The minimum Gasteiger partial charge on any atom is -0.384 e. The Morgan fingerprint density at radius 1 is 1.52 bits per heavy atom. The number of nitrogens with zero attached hydrogens (tertiary/aromatic N) is 1. The summed E-state index contributed by atoms with van der Waals surface area (Å²) >= 11 is 1.59. The van der Waals surface area contributed by atoms with E-state index in [1.54, 1.807) is 11.3 Å². The molecule has 4 nitrogen and oxygen atoms in total. The Morgan fingerprint density at radius 3 is 3.10 bits per heavy atom. The molecule has 1 aromatic heterocycles. The first-order chi connectivity index (χ1) is 10.1.